The monoisotopic (exact) mass is 254 g/mol. The van der Waals surface area contributed by atoms with Crippen LogP contribution in [0.4, 0.5) is 13.2 Å². The van der Waals surface area contributed by atoms with Gasteiger partial charge in [0.05, 0.1) is 0 Å². The van der Waals surface area contributed by atoms with Crippen LogP contribution in [0.25, 0.3) is 0 Å². The van der Waals surface area contributed by atoms with Gasteiger partial charge in [-0.2, -0.15) is 13.2 Å². The Morgan fingerprint density at radius 2 is 2.00 bits per heavy atom. The van der Waals surface area contributed by atoms with Gasteiger partial charge < -0.3 is 0 Å². The van der Waals surface area contributed by atoms with Crippen LogP contribution < -0.4 is 0 Å². The molecule has 18 heavy (non-hydrogen) atoms. The van der Waals surface area contributed by atoms with Crippen LogP contribution in [0.2, 0.25) is 0 Å². The Kier molecular flexibility index (Phi) is 3.28. The molecule has 1 aromatic carbocycles. The van der Waals surface area contributed by atoms with E-state index in [1.54, 1.807) is 25.1 Å². The Hall–Kier alpha value is -1.58. The summed E-state index contributed by atoms with van der Waals surface area (Å²) < 4.78 is 38.2. The highest BCUT2D eigenvalue weighted by atomic mass is 19.4. The van der Waals surface area contributed by atoms with Gasteiger partial charge >= 0.3 is 6.18 Å². The number of carbonyl (C=O) groups excluding carboxylic acids is 1. The molecule has 96 valence electrons. The van der Waals surface area contributed by atoms with Crippen molar-refractivity contribution in [1.82, 2.24) is 0 Å². The number of halogens is 3. The molecule has 1 aromatic rings. The molecule has 0 aliphatic heterocycles. The molecule has 0 spiro atoms. The molecule has 2 rings (SSSR count). The smallest absolute Gasteiger partial charge is 0.289 e. The summed E-state index contributed by atoms with van der Waals surface area (Å²) in [6, 6.07) is 6.60. The Morgan fingerprint density at radius 3 is 2.50 bits per heavy atom. The summed E-state index contributed by atoms with van der Waals surface area (Å²) in [7, 11) is 0. The molecule has 0 atom stereocenters. The van der Waals surface area contributed by atoms with Crippen molar-refractivity contribution in [3.63, 3.8) is 0 Å². The SMILES string of the molecule is Cc1cccc(C(=O)/C=C(\C2CC2)C(F)(F)F)c1. The minimum atomic E-state index is -4.40. The molecule has 1 nitrogen and oxygen atoms in total. The first-order valence-corrected chi connectivity index (χ1v) is 5.77. The largest absolute Gasteiger partial charge is 0.413 e. The first-order chi connectivity index (χ1) is 8.38. The lowest BCUT2D eigenvalue weighted by Gasteiger charge is -2.10. The molecule has 4 heteroatoms. The highest BCUT2D eigenvalue weighted by Crippen LogP contribution is 2.44. The Morgan fingerprint density at radius 1 is 1.33 bits per heavy atom. The highest BCUT2D eigenvalue weighted by Gasteiger charge is 2.43. The number of carbonyl (C=O) groups is 1. The summed E-state index contributed by atoms with van der Waals surface area (Å²) in [6.07, 6.45) is -2.61. The maximum atomic E-state index is 12.7. The van der Waals surface area contributed by atoms with Gasteiger partial charge in [-0.1, -0.05) is 23.8 Å². The van der Waals surface area contributed by atoms with E-state index in [1.807, 2.05) is 0 Å². The van der Waals surface area contributed by atoms with E-state index >= 15 is 0 Å². The van der Waals surface area contributed by atoms with Crippen LogP contribution in [-0.2, 0) is 0 Å². The second-order valence-electron chi connectivity index (χ2n) is 4.61. The van der Waals surface area contributed by atoms with Gasteiger partial charge in [0, 0.05) is 11.1 Å². The predicted octanol–water partition coefficient (Wildman–Crippen LogP) is 4.08. The van der Waals surface area contributed by atoms with Gasteiger partial charge in [-0.3, -0.25) is 4.79 Å². The highest BCUT2D eigenvalue weighted by molar-refractivity contribution is 6.05. The summed E-state index contributed by atoms with van der Waals surface area (Å²) in [5.41, 5.74) is 0.473. The zero-order valence-electron chi connectivity index (χ0n) is 9.92. The standard InChI is InChI=1S/C14H13F3O/c1-9-3-2-4-11(7-9)13(18)8-12(10-5-6-10)14(15,16)17/h2-4,7-8,10H,5-6H2,1H3/b12-8+. The lowest BCUT2D eigenvalue weighted by molar-refractivity contribution is -0.0955. The molecular formula is C14H13F3O. The quantitative estimate of drug-likeness (QED) is 0.587. The first-order valence-electron chi connectivity index (χ1n) is 5.77. The average Bonchev–Trinajstić information content (AvgIpc) is 3.07. The molecule has 1 aliphatic carbocycles. The third-order valence-electron chi connectivity index (χ3n) is 2.93. The minimum absolute atomic E-state index is 0.303. The van der Waals surface area contributed by atoms with E-state index in [4.69, 9.17) is 0 Å². The molecular weight excluding hydrogens is 241 g/mol. The topological polar surface area (TPSA) is 17.1 Å². The van der Waals surface area contributed by atoms with E-state index in [-0.39, 0.29) is 0 Å². The molecule has 0 N–H and O–H groups in total. The van der Waals surface area contributed by atoms with Gasteiger partial charge in [0.1, 0.15) is 0 Å². The minimum Gasteiger partial charge on any atom is -0.289 e. The van der Waals surface area contributed by atoms with Crippen molar-refractivity contribution < 1.29 is 18.0 Å². The summed E-state index contributed by atoms with van der Waals surface area (Å²) in [5, 5.41) is 0. The summed E-state index contributed by atoms with van der Waals surface area (Å²) in [6.45, 7) is 1.80. The van der Waals surface area contributed by atoms with Crippen LogP contribution >= 0.6 is 0 Å². The molecule has 0 aromatic heterocycles. The normalized spacial score (nSPS) is 16.8. The third-order valence-corrected chi connectivity index (χ3v) is 2.93. The zero-order valence-corrected chi connectivity index (χ0v) is 9.92. The number of alkyl halides is 3. The second kappa shape index (κ2) is 4.59. The molecule has 0 amide bonds. The molecule has 0 radical (unpaired) electrons. The van der Waals surface area contributed by atoms with Crippen LogP contribution in [0, 0.1) is 12.8 Å². The maximum absolute atomic E-state index is 12.7. The Bertz CT molecular complexity index is 496. The molecule has 1 aliphatic rings. The van der Waals surface area contributed by atoms with E-state index in [9.17, 15) is 18.0 Å². The number of hydrogen-bond acceptors (Lipinski definition) is 1. The van der Waals surface area contributed by atoms with Crippen molar-refractivity contribution in [3.8, 4) is 0 Å². The van der Waals surface area contributed by atoms with Gasteiger partial charge in [0.25, 0.3) is 0 Å². The van der Waals surface area contributed by atoms with E-state index in [0.717, 1.165) is 11.6 Å². The number of ketones is 1. The molecule has 1 saturated carbocycles. The number of allylic oxidation sites excluding steroid dienone is 2. The Labute approximate surface area is 103 Å². The third kappa shape index (κ3) is 3.00. The van der Waals surface area contributed by atoms with Gasteiger partial charge in [0.2, 0.25) is 0 Å². The molecule has 1 fully saturated rings. The number of benzene rings is 1. The lowest BCUT2D eigenvalue weighted by atomic mass is 10.0. The van der Waals surface area contributed by atoms with Crippen molar-refractivity contribution in [1.29, 1.82) is 0 Å². The fourth-order valence-corrected chi connectivity index (χ4v) is 1.85. The van der Waals surface area contributed by atoms with Crippen molar-refractivity contribution in [3.05, 3.63) is 47.0 Å². The van der Waals surface area contributed by atoms with Crippen LogP contribution in [-0.4, -0.2) is 12.0 Å². The lowest BCUT2D eigenvalue weighted by Crippen LogP contribution is -2.15. The van der Waals surface area contributed by atoms with E-state index < -0.39 is 23.5 Å². The van der Waals surface area contributed by atoms with Crippen molar-refractivity contribution in [2.45, 2.75) is 25.9 Å². The van der Waals surface area contributed by atoms with E-state index in [1.165, 1.54) is 6.07 Å². The second-order valence-corrected chi connectivity index (χ2v) is 4.61. The first kappa shape index (κ1) is 12.9. The van der Waals surface area contributed by atoms with Crippen molar-refractivity contribution in [2.24, 2.45) is 5.92 Å². The van der Waals surface area contributed by atoms with Crippen LogP contribution in [0.15, 0.2) is 35.9 Å². The van der Waals surface area contributed by atoms with Gasteiger partial charge in [-0.25, -0.2) is 0 Å². The molecule has 0 bridgehead atoms. The Balaban J connectivity index is 2.28. The van der Waals surface area contributed by atoms with E-state index in [0.29, 0.717) is 18.4 Å². The van der Waals surface area contributed by atoms with Gasteiger partial charge in [-0.05, 0) is 37.8 Å². The average molecular weight is 254 g/mol. The fraction of sp³-hybridized carbons (Fsp3) is 0.357. The molecule has 0 heterocycles. The van der Waals surface area contributed by atoms with Gasteiger partial charge in [0.15, 0.2) is 5.78 Å². The molecule has 0 saturated heterocycles. The number of hydrogen-bond donors (Lipinski definition) is 0. The summed E-state index contributed by atoms with van der Waals surface area (Å²) in [4.78, 5) is 11.8. The van der Waals surface area contributed by atoms with Crippen LogP contribution in [0.3, 0.4) is 0 Å². The fourth-order valence-electron chi connectivity index (χ4n) is 1.85. The molecule has 0 unspecified atom stereocenters. The number of aryl methyl sites for hydroxylation is 1. The zero-order chi connectivity index (χ0) is 13.3. The van der Waals surface area contributed by atoms with Crippen LogP contribution in [0.1, 0.15) is 28.8 Å². The summed E-state index contributed by atoms with van der Waals surface area (Å²) in [5.74, 6) is -1.06. The predicted molar refractivity (Wildman–Crippen MR) is 62.4 cm³/mol. The van der Waals surface area contributed by atoms with Gasteiger partial charge in [-0.15, -0.1) is 0 Å². The van der Waals surface area contributed by atoms with Crippen molar-refractivity contribution in [2.75, 3.05) is 0 Å². The maximum Gasteiger partial charge on any atom is 0.413 e. The number of rotatable bonds is 3. The van der Waals surface area contributed by atoms with E-state index in [2.05, 4.69) is 0 Å². The summed E-state index contributed by atoms with van der Waals surface area (Å²) >= 11 is 0. The van der Waals surface area contributed by atoms with Crippen molar-refractivity contribution >= 4 is 5.78 Å². The van der Waals surface area contributed by atoms with Crippen LogP contribution in [0.5, 0.6) is 0 Å².